The van der Waals surface area contributed by atoms with Crippen molar-refractivity contribution in [2.75, 3.05) is 13.6 Å². The van der Waals surface area contributed by atoms with Crippen LogP contribution in [0.15, 0.2) is 28.5 Å². The van der Waals surface area contributed by atoms with Gasteiger partial charge < -0.3 is 5.32 Å². The summed E-state index contributed by atoms with van der Waals surface area (Å²) < 4.78 is 36.4. The normalized spacial score (nSPS) is 17.0. The Balaban J connectivity index is 2.48. The van der Waals surface area contributed by atoms with Gasteiger partial charge in [0.15, 0.2) is 0 Å². The average Bonchev–Trinajstić information content (AvgIpc) is 2.48. The Morgan fingerprint density at radius 1 is 1.38 bits per heavy atom. The van der Waals surface area contributed by atoms with Gasteiger partial charge in [0.2, 0.25) is 9.84 Å². The lowest BCUT2D eigenvalue weighted by Gasteiger charge is -2.03. The van der Waals surface area contributed by atoms with Crippen molar-refractivity contribution in [1.29, 1.82) is 0 Å². The summed E-state index contributed by atoms with van der Waals surface area (Å²) in [4.78, 5) is 0.0820. The van der Waals surface area contributed by atoms with Gasteiger partial charge in [0.25, 0.3) is 0 Å². The van der Waals surface area contributed by atoms with Crippen LogP contribution < -0.4 is 5.32 Å². The van der Waals surface area contributed by atoms with E-state index in [-0.39, 0.29) is 4.90 Å². The number of sulfone groups is 1. The lowest BCUT2D eigenvalue weighted by Crippen LogP contribution is -2.07. The molecule has 5 heteroatoms. The smallest absolute Gasteiger partial charge is 0.200 e. The zero-order valence-corrected chi connectivity index (χ0v) is 9.64. The molecular formula is C11H12FNO2S. The molecule has 0 aromatic heterocycles. The Hall–Kier alpha value is -1.20. The largest absolute Gasteiger partial charge is 0.319 e. The molecule has 1 N–H and O–H groups in total. The van der Waals surface area contributed by atoms with Crippen molar-refractivity contribution in [3.63, 3.8) is 0 Å². The van der Waals surface area contributed by atoms with E-state index in [0.29, 0.717) is 18.5 Å². The fourth-order valence-electron chi connectivity index (χ4n) is 1.76. The third kappa shape index (κ3) is 1.88. The monoisotopic (exact) mass is 241 g/mol. The summed E-state index contributed by atoms with van der Waals surface area (Å²) in [7, 11) is -1.64. The van der Waals surface area contributed by atoms with Gasteiger partial charge in [-0.1, -0.05) is 6.07 Å². The molecule has 0 atom stereocenters. The molecule has 2 rings (SSSR count). The molecule has 1 aliphatic rings. The molecule has 0 fully saturated rings. The summed E-state index contributed by atoms with van der Waals surface area (Å²) in [6.07, 6.45) is 0.619. The third-order valence-electron chi connectivity index (χ3n) is 2.54. The van der Waals surface area contributed by atoms with Crippen molar-refractivity contribution in [3.8, 4) is 0 Å². The van der Waals surface area contributed by atoms with Crippen LogP contribution in [0.3, 0.4) is 0 Å². The number of halogens is 1. The highest BCUT2D eigenvalue weighted by Gasteiger charge is 2.26. The Morgan fingerprint density at radius 2 is 2.12 bits per heavy atom. The van der Waals surface area contributed by atoms with Gasteiger partial charge in [-0.15, -0.1) is 0 Å². The number of rotatable bonds is 3. The van der Waals surface area contributed by atoms with Crippen molar-refractivity contribution >= 4 is 15.4 Å². The molecule has 0 unspecified atom stereocenters. The summed E-state index contributed by atoms with van der Waals surface area (Å²) in [5.41, 5.74) is 1.36. The van der Waals surface area contributed by atoms with E-state index in [0.717, 1.165) is 11.6 Å². The molecule has 0 saturated heterocycles. The molecule has 0 saturated carbocycles. The number of fused-ring (bicyclic) bond motifs is 1. The van der Waals surface area contributed by atoms with Crippen LogP contribution in [0.1, 0.15) is 12.0 Å². The zero-order valence-electron chi connectivity index (χ0n) is 8.83. The molecule has 1 heterocycles. The highest BCUT2D eigenvalue weighted by molar-refractivity contribution is 7.95. The molecule has 0 amide bonds. The van der Waals surface area contributed by atoms with E-state index in [4.69, 9.17) is 0 Å². The summed E-state index contributed by atoms with van der Waals surface area (Å²) >= 11 is 0. The van der Waals surface area contributed by atoms with Crippen LogP contribution in [0.5, 0.6) is 0 Å². The van der Waals surface area contributed by atoms with Gasteiger partial charge in [-0.3, -0.25) is 0 Å². The molecule has 86 valence electrons. The van der Waals surface area contributed by atoms with Gasteiger partial charge in [0.05, 0.1) is 4.90 Å². The van der Waals surface area contributed by atoms with Crippen LogP contribution in [-0.4, -0.2) is 22.0 Å². The molecule has 1 aromatic carbocycles. The molecule has 0 bridgehead atoms. The highest BCUT2D eigenvalue weighted by Crippen LogP contribution is 2.35. The topological polar surface area (TPSA) is 46.2 Å². The average molecular weight is 241 g/mol. The van der Waals surface area contributed by atoms with Crippen molar-refractivity contribution in [2.45, 2.75) is 11.3 Å². The highest BCUT2D eigenvalue weighted by atomic mass is 32.2. The Bertz CT molecular complexity index is 549. The van der Waals surface area contributed by atoms with Gasteiger partial charge in [-0.25, -0.2) is 12.8 Å². The first-order chi connectivity index (χ1) is 7.54. The minimum Gasteiger partial charge on any atom is -0.319 e. The van der Waals surface area contributed by atoms with Crippen LogP contribution >= 0.6 is 0 Å². The lowest BCUT2D eigenvalue weighted by molar-refractivity contribution is 0.599. The molecule has 1 aromatic rings. The molecule has 16 heavy (non-hydrogen) atoms. The fraction of sp³-hybridized carbons (Fsp3) is 0.273. The lowest BCUT2D eigenvalue weighted by atomic mass is 10.0. The molecule has 1 aliphatic heterocycles. The Morgan fingerprint density at radius 3 is 2.81 bits per heavy atom. The third-order valence-corrected chi connectivity index (χ3v) is 4.08. The van der Waals surface area contributed by atoms with E-state index in [1.54, 1.807) is 7.05 Å². The number of benzene rings is 1. The van der Waals surface area contributed by atoms with E-state index in [1.807, 2.05) is 0 Å². The van der Waals surface area contributed by atoms with Crippen LogP contribution in [0.25, 0.3) is 5.57 Å². The van der Waals surface area contributed by atoms with Crippen molar-refractivity contribution in [3.05, 3.63) is 35.0 Å². The minimum atomic E-state index is -3.44. The van der Waals surface area contributed by atoms with Gasteiger partial charge in [0.1, 0.15) is 5.82 Å². The first-order valence-electron chi connectivity index (χ1n) is 4.95. The SMILES string of the molecule is CNCCC1=CS(=O)(=O)c2cc(F)ccc21. The van der Waals surface area contributed by atoms with E-state index < -0.39 is 15.7 Å². The first kappa shape index (κ1) is 11.3. The van der Waals surface area contributed by atoms with Crippen LogP contribution in [0.2, 0.25) is 0 Å². The second kappa shape index (κ2) is 3.99. The summed E-state index contributed by atoms with van der Waals surface area (Å²) in [6.45, 7) is 0.693. The van der Waals surface area contributed by atoms with Crippen LogP contribution in [-0.2, 0) is 9.84 Å². The molecule has 0 radical (unpaired) electrons. The van der Waals surface area contributed by atoms with Crippen molar-refractivity contribution in [1.82, 2.24) is 5.32 Å². The van der Waals surface area contributed by atoms with Crippen LogP contribution in [0, 0.1) is 5.82 Å². The molecule has 3 nitrogen and oxygen atoms in total. The molecule has 0 aliphatic carbocycles. The van der Waals surface area contributed by atoms with Gasteiger partial charge in [-0.2, -0.15) is 0 Å². The van der Waals surface area contributed by atoms with E-state index in [1.165, 1.54) is 17.5 Å². The minimum absolute atomic E-state index is 0.0820. The Kier molecular flexibility index (Phi) is 2.82. The standard InChI is InChI=1S/C11H12FNO2S/c1-13-5-4-8-7-16(14,15)11-6-9(12)2-3-10(8)11/h2-3,6-7,13H,4-5H2,1H3. The predicted molar refractivity (Wildman–Crippen MR) is 60.1 cm³/mol. The maximum absolute atomic E-state index is 13.0. The predicted octanol–water partition coefficient (Wildman–Crippen LogP) is 1.56. The maximum Gasteiger partial charge on any atom is 0.200 e. The fourth-order valence-corrected chi connectivity index (χ4v) is 3.29. The number of hydrogen-bond donors (Lipinski definition) is 1. The van der Waals surface area contributed by atoms with Crippen molar-refractivity contribution in [2.24, 2.45) is 0 Å². The van der Waals surface area contributed by atoms with Gasteiger partial charge in [-0.05, 0) is 43.3 Å². The summed E-state index contributed by atoms with van der Waals surface area (Å²) in [5, 5.41) is 4.19. The first-order valence-corrected chi connectivity index (χ1v) is 6.49. The van der Waals surface area contributed by atoms with E-state index in [2.05, 4.69) is 5.32 Å². The van der Waals surface area contributed by atoms with Gasteiger partial charge >= 0.3 is 0 Å². The molecule has 0 spiro atoms. The second-order valence-corrected chi connectivity index (χ2v) is 5.45. The Labute approximate surface area is 93.9 Å². The van der Waals surface area contributed by atoms with Crippen molar-refractivity contribution < 1.29 is 12.8 Å². The zero-order chi connectivity index (χ0) is 11.8. The second-order valence-electron chi connectivity index (χ2n) is 3.68. The maximum atomic E-state index is 13.0. The number of nitrogens with one attached hydrogen (secondary N) is 1. The quantitative estimate of drug-likeness (QED) is 0.873. The summed E-state index contributed by atoms with van der Waals surface area (Å²) in [6, 6.07) is 3.89. The van der Waals surface area contributed by atoms with Gasteiger partial charge in [0, 0.05) is 5.41 Å². The van der Waals surface area contributed by atoms with E-state index in [9.17, 15) is 12.8 Å². The number of hydrogen-bond acceptors (Lipinski definition) is 3. The van der Waals surface area contributed by atoms with Crippen LogP contribution in [0.4, 0.5) is 4.39 Å². The van der Waals surface area contributed by atoms with E-state index >= 15 is 0 Å². The molecular weight excluding hydrogens is 229 g/mol. The summed E-state index contributed by atoms with van der Waals surface area (Å²) in [5.74, 6) is -0.523.